The van der Waals surface area contributed by atoms with Gasteiger partial charge >= 0.3 is 0 Å². The van der Waals surface area contributed by atoms with Crippen LogP contribution in [0.15, 0.2) is 97.1 Å². The summed E-state index contributed by atoms with van der Waals surface area (Å²) in [5, 5.41) is 0. The van der Waals surface area contributed by atoms with E-state index in [9.17, 15) is 9.59 Å². The third kappa shape index (κ3) is 4.88. The first kappa shape index (κ1) is 20.3. The van der Waals surface area contributed by atoms with Crippen LogP contribution < -0.4 is 0 Å². The summed E-state index contributed by atoms with van der Waals surface area (Å²) >= 11 is 0. The minimum atomic E-state index is -0.187. The van der Waals surface area contributed by atoms with Gasteiger partial charge in [-0.2, -0.15) is 0 Å². The first-order valence-corrected chi connectivity index (χ1v) is 9.95. The molecule has 3 aromatic rings. The van der Waals surface area contributed by atoms with Crippen LogP contribution in [0.3, 0.4) is 0 Å². The second kappa shape index (κ2) is 10.2. The molecule has 1 aliphatic rings. The number of hydrogen-bond acceptors (Lipinski definition) is 2. The molecule has 1 aliphatic heterocycles. The largest absolute Gasteiger partial charge is 0.274 e. The van der Waals surface area contributed by atoms with Crippen molar-refractivity contribution < 1.29 is 9.59 Å². The quantitative estimate of drug-likeness (QED) is 0.549. The Morgan fingerprint density at radius 2 is 0.931 bits per heavy atom. The Labute approximate surface area is 172 Å². The maximum absolute atomic E-state index is 12.9. The summed E-state index contributed by atoms with van der Waals surface area (Å²) in [6, 6.07) is 30.9. The smallest absolute Gasteiger partial charge is 0.262 e. The van der Waals surface area contributed by atoms with Crippen molar-refractivity contribution in [3.8, 4) is 0 Å². The molecular weight excluding hydrogens is 358 g/mol. The van der Waals surface area contributed by atoms with E-state index in [2.05, 4.69) is 6.92 Å². The van der Waals surface area contributed by atoms with Gasteiger partial charge in [0, 0.05) is 6.54 Å². The molecule has 0 atom stereocenters. The van der Waals surface area contributed by atoms with E-state index in [0.717, 1.165) is 24.0 Å². The van der Waals surface area contributed by atoms with Crippen molar-refractivity contribution in [1.29, 1.82) is 0 Å². The molecule has 0 saturated carbocycles. The van der Waals surface area contributed by atoms with Crippen molar-refractivity contribution in [2.45, 2.75) is 19.8 Å². The van der Waals surface area contributed by atoms with Gasteiger partial charge in [-0.25, -0.2) is 0 Å². The molecule has 0 unspecified atom stereocenters. The Bertz CT molecular complexity index is 875. The average molecular weight is 383 g/mol. The second-order valence-corrected chi connectivity index (χ2v) is 6.75. The molecule has 3 aromatic carbocycles. The van der Waals surface area contributed by atoms with Crippen LogP contribution >= 0.6 is 0 Å². The van der Waals surface area contributed by atoms with Gasteiger partial charge in [-0.15, -0.1) is 0 Å². The van der Waals surface area contributed by atoms with Crippen LogP contribution in [0.5, 0.6) is 0 Å². The summed E-state index contributed by atoms with van der Waals surface area (Å²) in [5.74, 6) is -0.373. The first-order chi connectivity index (χ1) is 14.2. The number of hydrogen-bond donors (Lipinski definition) is 0. The van der Waals surface area contributed by atoms with Crippen LogP contribution in [0.2, 0.25) is 0 Å². The monoisotopic (exact) mass is 383 g/mol. The number of carbonyl (C=O) groups is 2. The van der Waals surface area contributed by atoms with Crippen LogP contribution in [0, 0.1) is 0 Å². The fourth-order valence-corrected chi connectivity index (χ4v) is 3.23. The molecule has 4 rings (SSSR count). The molecular formula is C26H25NO2. The standard InChI is InChI=1S/C20H19NO2.C6H6/c1-2-3-14-21-19(22)17(15-10-6-4-7-11-15)18(20(21)23)16-12-8-5-9-13-16;1-2-4-6-5-3-1/h4-13H,2-3,14H2,1H3;1-6H. The highest BCUT2D eigenvalue weighted by Gasteiger charge is 2.38. The third-order valence-electron chi connectivity index (χ3n) is 4.69. The Kier molecular flexibility index (Phi) is 7.12. The summed E-state index contributed by atoms with van der Waals surface area (Å²) in [6.45, 7) is 2.52. The van der Waals surface area contributed by atoms with Gasteiger partial charge in [0.2, 0.25) is 0 Å². The van der Waals surface area contributed by atoms with Crippen molar-refractivity contribution in [2.75, 3.05) is 6.54 Å². The summed E-state index contributed by atoms with van der Waals surface area (Å²) in [6.07, 6.45) is 1.76. The van der Waals surface area contributed by atoms with Gasteiger partial charge in [0.1, 0.15) is 0 Å². The summed E-state index contributed by atoms with van der Waals surface area (Å²) in [4.78, 5) is 27.1. The molecule has 29 heavy (non-hydrogen) atoms. The SMILES string of the molecule is CCCCN1C(=O)C(c2ccccc2)=C(c2ccccc2)C1=O.c1ccccc1. The van der Waals surface area contributed by atoms with E-state index >= 15 is 0 Å². The second-order valence-electron chi connectivity index (χ2n) is 6.75. The number of amides is 2. The summed E-state index contributed by atoms with van der Waals surface area (Å²) < 4.78 is 0. The summed E-state index contributed by atoms with van der Waals surface area (Å²) in [5.41, 5.74) is 2.61. The Morgan fingerprint density at radius 1 is 0.586 bits per heavy atom. The van der Waals surface area contributed by atoms with Crippen molar-refractivity contribution in [3.05, 3.63) is 108 Å². The number of unbranched alkanes of at least 4 members (excludes halogenated alkanes) is 1. The van der Waals surface area contributed by atoms with Crippen molar-refractivity contribution in [3.63, 3.8) is 0 Å². The van der Waals surface area contributed by atoms with E-state index in [1.165, 1.54) is 4.90 Å². The van der Waals surface area contributed by atoms with Crippen LogP contribution in [-0.4, -0.2) is 23.3 Å². The fourth-order valence-electron chi connectivity index (χ4n) is 3.23. The van der Waals surface area contributed by atoms with E-state index in [0.29, 0.717) is 17.7 Å². The van der Waals surface area contributed by atoms with Gasteiger partial charge in [-0.05, 0) is 17.5 Å². The molecule has 0 aromatic heterocycles. The molecule has 0 aliphatic carbocycles. The van der Waals surface area contributed by atoms with Gasteiger partial charge in [-0.1, -0.05) is 110 Å². The van der Waals surface area contributed by atoms with Crippen molar-refractivity contribution >= 4 is 23.0 Å². The fraction of sp³-hybridized carbons (Fsp3) is 0.154. The highest BCUT2D eigenvalue weighted by Crippen LogP contribution is 2.35. The maximum atomic E-state index is 12.9. The summed E-state index contributed by atoms with van der Waals surface area (Å²) in [7, 11) is 0. The van der Waals surface area contributed by atoms with E-state index in [1.54, 1.807) is 0 Å². The topological polar surface area (TPSA) is 37.4 Å². The zero-order valence-corrected chi connectivity index (χ0v) is 16.6. The van der Waals surface area contributed by atoms with E-state index in [4.69, 9.17) is 0 Å². The number of imide groups is 1. The molecule has 1 heterocycles. The van der Waals surface area contributed by atoms with Crippen LogP contribution in [-0.2, 0) is 9.59 Å². The molecule has 3 nitrogen and oxygen atoms in total. The molecule has 0 fully saturated rings. The zero-order valence-electron chi connectivity index (χ0n) is 16.6. The van der Waals surface area contributed by atoms with Crippen LogP contribution in [0.4, 0.5) is 0 Å². The predicted octanol–water partition coefficient (Wildman–Crippen LogP) is 5.45. The normalized spacial score (nSPS) is 13.3. The first-order valence-electron chi connectivity index (χ1n) is 9.95. The molecule has 3 heteroatoms. The highest BCUT2D eigenvalue weighted by molar-refractivity contribution is 6.48. The molecule has 0 spiro atoms. The van der Waals surface area contributed by atoms with E-state index in [1.807, 2.05) is 97.1 Å². The average Bonchev–Trinajstić information content (AvgIpc) is 3.04. The molecule has 0 bridgehead atoms. The molecule has 0 N–H and O–H groups in total. The highest BCUT2D eigenvalue weighted by atomic mass is 16.2. The number of carbonyl (C=O) groups excluding carboxylic acids is 2. The zero-order chi connectivity index (χ0) is 20.5. The van der Waals surface area contributed by atoms with Gasteiger partial charge in [0.25, 0.3) is 11.8 Å². The number of benzene rings is 3. The Balaban J connectivity index is 0.000000343. The predicted molar refractivity (Wildman–Crippen MR) is 118 cm³/mol. The minimum absolute atomic E-state index is 0.187. The van der Waals surface area contributed by atoms with Crippen molar-refractivity contribution in [2.24, 2.45) is 0 Å². The van der Waals surface area contributed by atoms with Gasteiger partial charge in [0.05, 0.1) is 11.1 Å². The van der Waals surface area contributed by atoms with Crippen molar-refractivity contribution in [1.82, 2.24) is 4.90 Å². The lowest BCUT2D eigenvalue weighted by Crippen LogP contribution is -2.32. The van der Waals surface area contributed by atoms with Gasteiger partial charge < -0.3 is 0 Å². The lowest BCUT2D eigenvalue weighted by atomic mass is 9.96. The molecule has 0 radical (unpaired) electrons. The molecule has 2 amide bonds. The number of nitrogens with zero attached hydrogens (tertiary/aromatic N) is 1. The number of rotatable bonds is 5. The molecule has 0 saturated heterocycles. The van der Waals surface area contributed by atoms with Crippen LogP contribution in [0.25, 0.3) is 11.1 Å². The molecule has 146 valence electrons. The van der Waals surface area contributed by atoms with E-state index in [-0.39, 0.29) is 11.8 Å². The minimum Gasteiger partial charge on any atom is -0.274 e. The Hall–Kier alpha value is -3.46. The lowest BCUT2D eigenvalue weighted by Gasteiger charge is -2.14. The lowest BCUT2D eigenvalue weighted by molar-refractivity contribution is -0.136. The van der Waals surface area contributed by atoms with Crippen LogP contribution in [0.1, 0.15) is 30.9 Å². The maximum Gasteiger partial charge on any atom is 0.262 e. The third-order valence-corrected chi connectivity index (χ3v) is 4.69. The Morgan fingerprint density at radius 3 is 1.28 bits per heavy atom. The van der Waals surface area contributed by atoms with E-state index < -0.39 is 0 Å². The van der Waals surface area contributed by atoms with Gasteiger partial charge in [-0.3, -0.25) is 14.5 Å². The van der Waals surface area contributed by atoms with Gasteiger partial charge in [0.15, 0.2) is 0 Å².